The predicted octanol–water partition coefficient (Wildman–Crippen LogP) is 4.43. The number of carbonyl (C=O) groups is 1. The number of rotatable bonds is 10. The number of nitrogens with zero attached hydrogens (tertiary/aromatic N) is 2. The highest BCUT2D eigenvalue weighted by Crippen LogP contribution is 2.22. The van der Waals surface area contributed by atoms with Crippen LogP contribution in [0.2, 0.25) is 0 Å². The highest BCUT2D eigenvalue weighted by atomic mass is 16.4. The van der Waals surface area contributed by atoms with Crippen molar-refractivity contribution in [1.29, 1.82) is 0 Å². The molecule has 0 aliphatic carbocycles. The quantitative estimate of drug-likeness (QED) is 0.536. The third-order valence-corrected chi connectivity index (χ3v) is 4.88. The van der Waals surface area contributed by atoms with E-state index in [-0.39, 0.29) is 5.92 Å². The number of aromatic nitrogens is 2. The zero-order chi connectivity index (χ0) is 20.6. The summed E-state index contributed by atoms with van der Waals surface area (Å²) in [6.45, 7) is 5.84. The average molecular weight is 392 g/mol. The van der Waals surface area contributed by atoms with E-state index < -0.39 is 5.97 Å². The first-order valence-corrected chi connectivity index (χ1v) is 10.1. The molecule has 0 fully saturated rings. The number of hydrogen-bond donors (Lipinski definition) is 2. The molecule has 0 bridgehead atoms. The molecule has 1 heterocycles. The van der Waals surface area contributed by atoms with Gasteiger partial charge < -0.3 is 10.4 Å². The summed E-state index contributed by atoms with van der Waals surface area (Å²) in [7, 11) is 0. The van der Waals surface area contributed by atoms with E-state index in [0.717, 1.165) is 16.8 Å². The van der Waals surface area contributed by atoms with Gasteiger partial charge in [-0.2, -0.15) is 5.10 Å². The van der Waals surface area contributed by atoms with Crippen LogP contribution < -0.4 is 5.32 Å². The van der Waals surface area contributed by atoms with Crippen molar-refractivity contribution < 1.29 is 9.90 Å². The van der Waals surface area contributed by atoms with Crippen LogP contribution >= 0.6 is 0 Å². The molecular weight excluding hydrogens is 362 g/mol. The van der Waals surface area contributed by atoms with Gasteiger partial charge in [-0.1, -0.05) is 74.5 Å². The number of carboxylic acids is 1. The first-order chi connectivity index (χ1) is 14.0. The van der Waals surface area contributed by atoms with Gasteiger partial charge in [0, 0.05) is 30.4 Å². The Bertz CT molecular complexity index is 904. The molecule has 29 heavy (non-hydrogen) atoms. The Hall–Kier alpha value is -2.92. The fourth-order valence-corrected chi connectivity index (χ4v) is 3.50. The Morgan fingerprint density at radius 2 is 1.72 bits per heavy atom. The largest absolute Gasteiger partial charge is 0.481 e. The molecule has 1 unspecified atom stereocenters. The van der Waals surface area contributed by atoms with Crippen molar-refractivity contribution in [1.82, 2.24) is 15.1 Å². The van der Waals surface area contributed by atoms with Crippen LogP contribution in [-0.2, 0) is 17.9 Å². The Balaban J connectivity index is 1.76. The normalized spacial score (nSPS) is 12.2. The molecule has 3 rings (SSSR count). The first kappa shape index (κ1) is 20.8. The highest BCUT2D eigenvalue weighted by molar-refractivity contribution is 5.70. The van der Waals surface area contributed by atoms with Crippen LogP contribution in [-0.4, -0.2) is 27.4 Å². The maximum absolute atomic E-state index is 11.5. The molecule has 0 aliphatic heterocycles. The molecule has 0 saturated carbocycles. The summed E-state index contributed by atoms with van der Waals surface area (Å²) in [5.74, 6) is -0.768. The lowest BCUT2D eigenvalue weighted by Crippen LogP contribution is -2.29. The van der Waals surface area contributed by atoms with Crippen LogP contribution in [0.4, 0.5) is 0 Å². The molecule has 0 saturated heterocycles. The highest BCUT2D eigenvalue weighted by Gasteiger charge is 2.19. The summed E-state index contributed by atoms with van der Waals surface area (Å²) >= 11 is 0. The zero-order valence-electron chi connectivity index (χ0n) is 17.1. The van der Waals surface area contributed by atoms with Crippen LogP contribution in [0.3, 0.4) is 0 Å². The maximum atomic E-state index is 11.5. The van der Waals surface area contributed by atoms with Gasteiger partial charge in [0.1, 0.15) is 0 Å². The van der Waals surface area contributed by atoms with Crippen LogP contribution in [0.15, 0.2) is 66.9 Å². The lowest BCUT2D eigenvalue weighted by atomic mass is 9.97. The second-order valence-electron chi connectivity index (χ2n) is 7.85. The van der Waals surface area contributed by atoms with Gasteiger partial charge in [-0.25, -0.2) is 0 Å². The molecule has 0 amide bonds. The minimum atomic E-state index is -0.741. The fourth-order valence-electron chi connectivity index (χ4n) is 3.50. The Labute approximate surface area is 172 Å². The standard InChI is InChI=1S/C24H29N3O2/c1-18(2)13-21(24(28)29)14-25-15-22-17-27(16-19-9-5-3-6-10-19)26-23(22)20-11-7-4-8-12-20/h3-12,17-18,21,25H,13-16H2,1-2H3,(H,28,29). The summed E-state index contributed by atoms with van der Waals surface area (Å²) in [6.07, 6.45) is 2.72. The Kier molecular flexibility index (Phi) is 7.19. The number of aliphatic carboxylic acids is 1. The molecule has 0 aliphatic rings. The fraction of sp³-hybridized carbons (Fsp3) is 0.333. The number of hydrogen-bond acceptors (Lipinski definition) is 3. The SMILES string of the molecule is CC(C)CC(CNCc1cn(Cc2ccccc2)nc1-c1ccccc1)C(=O)O. The van der Waals surface area contributed by atoms with Crippen LogP contribution in [0, 0.1) is 11.8 Å². The smallest absolute Gasteiger partial charge is 0.307 e. The predicted molar refractivity (Wildman–Crippen MR) is 115 cm³/mol. The van der Waals surface area contributed by atoms with E-state index >= 15 is 0 Å². The monoisotopic (exact) mass is 391 g/mol. The lowest BCUT2D eigenvalue weighted by Gasteiger charge is -2.15. The minimum Gasteiger partial charge on any atom is -0.481 e. The van der Waals surface area contributed by atoms with Crippen LogP contribution in [0.1, 0.15) is 31.4 Å². The molecule has 0 radical (unpaired) electrons. The summed E-state index contributed by atoms with van der Waals surface area (Å²) in [6, 6.07) is 20.3. The van der Waals surface area contributed by atoms with E-state index in [1.807, 2.05) is 41.1 Å². The van der Waals surface area contributed by atoms with Crippen molar-refractivity contribution in [3.63, 3.8) is 0 Å². The van der Waals surface area contributed by atoms with E-state index in [2.05, 4.69) is 49.6 Å². The van der Waals surface area contributed by atoms with Crippen molar-refractivity contribution in [2.45, 2.75) is 33.4 Å². The topological polar surface area (TPSA) is 67.2 Å². The molecule has 2 N–H and O–H groups in total. The van der Waals surface area contributed by atoms with Gasteiger partial charge in [-0.3, -0.25) is 9.48 Å². The third kappa shape index (κ3) is 6.03. The van der Waals surface area contributed by atoms with E-state index in [9.17, 15) is 9.90 Å². The van der Waals surface area contributed by atoms with E-state index in [1.54, 1.807) is 0 Å². The van der Waals surface area contributed by atoms with Gasteiger partial charge in [0.25, 0.3) is 0 Å². The van der Waals surface area contributed by atoms with Gasteiger partial charge in [0.05, 0.1) is 18.2 Å². The van der Waals surface area contributed by atoms with Crippen LogP contribution in [0.25, 0.3) is 11.3 Å². The van der Waals surface area contributed by atoms with Gasteiger partial charge in [-0.15, -0.1) is 0 Å². The zero-order valence-corrected chi connectivity index (χ0v) is 17.1. The van der Waals surface area contributed by atoms with Crippen molar-refractivity contribution in [3.05, 3.63) is 78.0 Å². The number of benzene rings is 2. The summed E-state index contributed by atoms with van der Waals surface area (Å²) in [5, 5.41) is 17.6. The Morgan fingerprint density at radius 1 is 1.07 bits per heavy atom. The van der Waals surface area contributed by atoms with Gasteiger partial charge in [0.15, 0.2) is 0 Å². The van der Waals surface area contributed by atoms with Crippen molar-refractivity contribution in [2.75, 3.05) is 6.54 Å². The second-order valence-corrected chi connectivity index (χ2v) is 7.85. The van der Waals surface area contributed by atoms with Gasteiger partial charge >= 0.3 is 5.97 Å². The minimum absolute atomic E-state index is 0.353. The van der Waals surface area contributed by atoms with E-state index in [4.69, 9.17) is 5.10 Å². The Morgan fingerprint density at radius 3 is 2.34 bits per heavy atom. The van der Waals surface area contributed by atoms with Crippen molar-refractivity contribution >= 4 is 5.97 Å². The third-order valence-electron chi connectivity index (χ3n) is 4.88. The second kappa shape index (κ2) is 10.0. The molecule has 3 aromatic rings. The summed E-state index contributed by atoms with van der Waals surface area (Å²) in [5.41, 5.74) is 4.26. The first-order valence-electron chi connectivity index (χ1n) is 10.1. The molecule has 5 nitrogen and oxygen atoms in total. The molecular formula is C24H29N3O2. The van der Waals surface area contributed by atoms with Crippen LogP contribution in [0.5, 0.6) is 0 Å². The van der Waals surface area contributed by atoms with Crippen molar-refractivity contribution in [2.24, 2.45) is 11.8 Å². The van der Waals surface area contributed by atoms with E-state index in [1.165, 1.54) is 5.56 Å². The average Bonchev–Trinajstić information content (AvgIpc) is 3.11. The molecule has 5 heteroatoms. The molecule has 1 atom stereocenters. The summed E-state index contributed by atoms with van der Waals surface area (Å²) in [4.78, 5) is 11.5. The molecule has 1 aromatic heterocycles. The van der Waals surface area contributed by atoms with Gasteiger partial charge in [0.2, 0.25) is 0 Å². The molecule has 0 spiro atoms. The number of nitrogens with one attached hydrogen (secondary N) is 1. The van der Waals surface area contributed by atoms with Crippen molar-refractivity contribution in [3.8, 4) is 11.3 Å². The molecule has 152 valence electrons. The summed E-state index contributed by atoms with van der Waals surface area (Å²) < 4.78 is 1.96. The number of carboxylic acid groups (broad SMARTS) is 1. The molecule has 2 aromatic carbocycles. The lowest BCUT2D eigenvalue weighted by molar-refractivity contribution is -0.142. The van der Waals surface area contributed by atoms with E-state index in [0.29, 0.717) is 32.0 Å². The van der Waals surface area contributed by atoms with Gasteiger partial charge in [-0.05, 0) is 17.9 Å². The maximum Gasteiger partial charge on any atom is 0.307 e.